The van der Waals surface area contributed by atoms with Crippen LogP contribution in [0.15, 0.2) is 58.8 Å². The Morgan fingerprint density at radius 1 is 0.660 bits per heavy atom. The number of rotatable bonds is 26. The second-order valence-electron chi connectivity index (χ2n) is 13.8. The van der Waals surface area contributed by atoms with Gasteiger partial charge in [-0.15, -0.1) is 0 Å². The molecule has 0 fully saturated rings. The van der Waals surface area contributed by atoms with Gasteiger partial charge in [0.25, 0.3) is 5.91 Å². The van der Waals surface area contributed by atoms with Gasteiger partial charge in [0.1, 0.15) is 11.8 Å². The van der Waals surface area contributed by atoms with Crippen molar-refractivity contribution in [3.8, 4) is 5.75 Å². The Balaban J connectivity index is 1.59. The first kappa shape index (κ1) is 39.9. The number of hydrogen-bond acceptors (Lipinski definition) is 6. The predicted molar refractivity (Wildman–Crippen MR) is 193 cm³/mol. The maximum absolute atomic E-state index is 12.6. The highest BCUT2D eigenvalue weighted by Crippen LogP contribution is 2.22. The zero-order valence-corrected chi connectivity index (χ0v) is 30.1. The third-order valence-corrected chi connectivity index (χ3v) is 8.18. The van der Waals surface area contributed by atoms with Gasteiger partial charge in [0.05, 0.1) is 52.3 Å². The summed E-state index contributed by atoms with van der Waals surface area (Å²) in [5.41, 5.74) is 1.79. The number of benzene rings is 2. The first-order valence-electron chi connectivity index (χ1n) is 18.2. The van der Waals surface area contributed by atoms with Crippen molar-refractivity contribution in [3.63, 3.8) is 0 Å². The quantitative estimate of drug-likeness (QED) is 0.0474. The van der Waals surface area contributed by atoms with Gasteiger partial charge in [-0.3, -0.25) is 4.79 Å². The van der Waals surface area contributed by atoms with Gasteiger partial charge >= 0.3 is 5.97 Å². The Morgan fingerprint density at radius 3 is 1.66 bits per heavy atom. The van der Waals surface area contributed by atoms with Crippen LogP contribution in [0.3, 0.4) is 0 Å². The summed E-state index contributed by atoms with van der Waals surface area (Å²) in [5.74, 6) is 0.0935. The van der Waals surface area contributed by atoms with Crippen LogP contribution in [0.5, 0.6) is 5.75 Å². The second kappa shape index (κ2) is 24.0. The maximum atomic E-state index is 12.6. The van der Waals surface area contributed by atoms with E-state index in [0.717, 1.165) is 41.8 Å². The summed E-state index contributed by atoms with van der Waals surface area (Å²) in [6.45, 7) is 6.24. The van der Waals surface area contributed by atoms with Gasteiger partial charge in [-0.2, -0.15) is 10.2 Å². The Morgan fingerprint density at radius 2 is 1.13 bits per heavy atom. The highest BCUT2D eigenvalue weighted by molar-refractivity contribution is 5.96. The topological polar surface area (TPSA) is 89.3 Å². The normalized spacial score (nSPS) is 12.3. The molecule has 1 amide bonds. The standard InChI is InChI=1S/C39H62N4O4/c1-6-7-8-9-10-14-18-21-32-47-39(45)33(2)40-38(44)34-22-24-35(25-23-34)41-42-36-26-28-37(29-27-36)46-31-20-17-15-12-11-13-16-19-30-43(3,4)5/h22-29,33H,6-21,30-32H2,1-5H3/p+1/t33-/m0/s1. The van der Waals surface area contributed by atoms with E-state index < -0.39 is 12.0 Å². The molecule has 0 aromatic heterocycles. The summed E-state index contributed by atoms with van der Waals surface area (Å²) >= 11 is 0. The van der Waals surface area contributed by atoms with E-state index in [9.17, 15) is 9.59 Å². The first-order valence-corrected chi connectivity index (χ1v) is 18.2. The van der Waals surface area contributed by atoms with E-state index in [0.29, 0.717) is 17.9 Å². The van der Waals surface area contributed by atoms with E-state index in [1.807, 2.05) is 24.3 Å². The molecule has 0 aliphatic rings. The molecule has 2 rings (SSSR count). The molecule has 0 unspecified atom stereocenters. The van der Waals surface area contributed by atoms with Crippen LogP contribution in [0.2, 0.25) is 0 Å². The van der Waals surface area contributed by atoms with Crippen molar-refractivity contribution in [1.82, 2.24) is 5.32 Å². The summed E-state index contributed by atoms with van der Waals surface area (Å²) in [4.78, 5) is 24.9. The number of amides is 1. The molecule has 0 heterocycles. The zero-order chi connectivity index (χ0) is 34.2. The van der Waals surface area contributed by atoms with E-state index >= 15 is 0 Å². The molecule has 0 saturated carbocycles. The summed E-state index contributed by atoms with van der Waals surface area (Å²) in [7, 11) is 6.78. The molecule has 0 aliphatic heterocycles. The lowest BCUT2D eigenvalue weighted by molar-refractivity contribution is -0.870. The number of esters is 1. The van der Waals surface area contributed by atoms with E-state index in [1.54, 1.807) is 31.2 Å². The van der Waals surface area contributed by atoms with Crippen molar-refractivity contribution in [3.05, 3.63) is 54.1 Å². The van der Waals surface area contributed by atoms with Crippen LogP contribution >= 0.6 is 0 Å². The highest BCUT2D eigenvalue weighted by atomic mass is 16.5. The molecule has 0 saturated heterocycles. The molecule has 8 heteroatoms. The van der Waals surface area contributed by atoms with Crippen molar-refractivity contribution < 1.29 is 23.5 Å². The number of nitrogens with one attached hydrogen (secondary N) is 1. The van der Waals surface area contributed by atoms with E-state index in [-0.39, 0.29) is 5.91 Å². The van der Waals surface area contributed by atoms with Crippen LogP contribution in [0, 0.1) is 0 Å². The Bertz CT molecular complexity index is 1140. The Kier molecular flexibility index (Phi) is 20.4. The van der Waals surface area contributed by atoms with E-state index in [4.69, 9.17) is 9.47 Å². The van der Waals surface area contributed by atoms with Gasteiger partial charge in [0, 0.05) is 5.56 Å². The molecule has 0 radical (unpaired) electrons. The van der Waals surface area contributed by atoms with Crippen LogP contribution in [-0.4, -0.2) is 63.3 Å². The minimum atomic E-state index is -0.717. The molecule has 1 atom stereocenters. The first-order chi connectivity index (χ1) is 22.7. The minimum Gasteiger partial charge on any atom is -0.494 e. The molecular formula is C39H63N4O4+. The van der Waals surface area contributed by atoms with Crippen LogP contribution in [0.25, 0.3) is 0 Å². The molecule has 2 aromatic rings. The fourth-order valence-corrected chi connectivity index (χ4v) is 5.22. The lowest BCUT2D eigenvalue weighted by atomic mass is 10.1. The van der Waals surface area contributed by atoms with Gasteiger partial charge in [-0.1, -0.05) is 84.0 Å². The molecular weight excluding hydrogens is 588 g/mol. The summed E-state index contributed by atoms with van der Waals surface area (Å²) in [6.07, 6.45) is 19.7. The number of carbonyl (C=O) groups is 2. The van der Waals surface area contributed by atoms with Crippen LogP contribution < -0.4 is 10.1 Å². The van der Waals surface area contributed by atoms with Gasteiger partial charge < -0.3 is 19.3 Å². The largest absolute Gasteiger partial charge is 0.494 e. The van der Waals surface area contributed by atoms with Gasteiger partial charge in [-0.25, -0.2) is 4.79 Å². The average molecular weight is 652 g/mol. The molecule has 8 nitrogen and oxygen atoms in total. The fraction of sp³-hybridized carbons (Fsp3) is 0.641. The lowest BCUT2D eigenvalue weighted by Gasteiger charge is -2.23. The molecule has 0 aliphatic carbocycles. The number of azo groups is 1. The van der Waals surface area contributed by atoms with E-state index in [2.05, 4.69) is 43.6 Å². The third-order valence-electron chi connectivity index (χ3n) is 8.18. The SMILES string of the molecule is CCCCCCCCCCOC(=O)[C@H](C)NC(=O)c1ccc(N=Nc2ccc(OCCCCCCCCCC[N+](C)(C)C)cc2)cc1. The van der Waals surface area contributed by atoms with Crippen molar-refractivity contribution in [2.45, 2.75) is 123 Å². The van der Waals surface area contributed by atoms with Crippen molar-refractivity contribution >= 4 is 23.3 Å². The molecule has 262 valence electrons. The molecule has 0 bridgehead atoms. The van der Waals surface area contributed by atoms with Crippen molar-refractivity contribution in [1.29, 1.82) is 0 Å². The number of unbranched alkanes of at least 4 members (excludes halogenated alkanes) is 14. The average Bonchev–Trinajstić information content (AvgIpc) is 3.05. The zero-order valence-electron chi connectivity index (χ0n) is 30.1. The lowest BCUT2D eigenvalue weighted by Crippen LogP contribution is -2.39. The highest BCUT2D eigenvalue weighted by Gasteiger charge is 2.18. The Hall–Kier alpha value is -3.26. The smallest absolute Gasteiger partial charge is 0.328 e. The maximum Gasteiger partial charge on any atom is 0.328 e. The van der Waals surface area contributed by atoms with Crippen molar-refractivity contribution in [2.24, 2.45) is 10.2 Å². The fourth-order valence-electron chi connectivity index (χ4n) is 5.22. The molecule has 47 heavy (non-hydrogen) atoms. The number of hydrogen-bond donors (Lipinski definition) is 1. The molecule has 2 aromatic carbocycles. The van der Waals surface area contributed by atoms with Crippen LogP contribution in [-0.2, 0) is 9.53 Å². The predicted octanol–water partition coefficient (Wildman–Crippen LogP) is 10.1. The van der Waals surface area contributed by atoms with E-state index in [1.165, 1.54) is 90.0 Å². The second-order valence-corrected chi connectivity index (χ2v) is 13.8. The summed E-state index contributed by atoms with van der Waals surface area (Å²) < 4.78 is 12.3. The molecule has 1 N–H and O–H groups in total. The van der Waals surface area contributed by atoms with Crippen molar-refractivity contribution in [2.75, 3.05) is 40.9 Å². The van der Waals surface area contributed by atoms with Crippen LogP contribution in [0.4, 0.5) is 11.4 Å². The Labute approximate surface area is 285 Å². The summed E-state index contributed by atoms with van der Waals surface area (Å²) in [6, 6.07) is 13.7. The number of nitrogens with zero attached hydrogens (tertiary/aromatic N) is 3. The number of ether oxygens (including phenoxy) is 2. The minimum absolute atomic E-state index is 0.331. The van der Waals surface area contributed by atoms with Gasteiger partial charge in [0.15, 0.2) is 0 Å². The number of carbonyl (C=O) groups excluding carboxylic acids is 2. The summed E-state index contributed by atoms with van der Waals surface area (Å²) in [5, 5.41) is 11.3. The monoisotopic (exact) mass is 651 g/mol. The van der Waals surface area contributed by atoms with Gasteiger partial charge in [-0.05, 0) is 81.1 Å². The third kappa shape index (κ3) is 19.9. The van der Waals surface area contributed by atoms with Crippen LogP contribution in [0.1, 0.15) is 127 Å². The molecule has 0 spiro atoms. The number of quaternary nitrogens is 1. The van der Waals surface area contributed by atoms with Gasteiger partial charge in [0.2, 0.25) is 0 Å².